The first-order valence-electron chi connectivity index (χ1n) is 11.3. The molecule has 0 radical (unpaired) electrons. The predicted molar refractivity (Wildman–Crippen MR) is 134 cm³/mol. The molecule has 0 unspecified atom stereocenters. The van der Waals surface area contributed by atoms with Gasteiger partial charge in [0, 0.05) is 55.0 Å². The third kappa shape index (κ3) is 4.46. The van der Waals surface area contributed by atoms with Crippen LogP contribution in [0.2, 0.25) is 0 Å². The summed E-state index contributed by atoms with van der Waals surface area (Å²) in [6.45, 7) is 2.92. The summed E-state index contributed by atoms with van der Waals surface area (Å²) >= 11 is 1.42. The number of hydrogen-bond acceptors (Lipinski definition) is 9. The summed E-state index contributed by atoms with van der Waals surface area (Å²) in [6, 6.07) is 5.72. The fraction of sp³-hybridized carbons (Fsp3) is 0.333. The van der Waals surface area contributed by atoms with Crippen molar-refractivity contribution < 1.29 is 22.1 Å². The molecule has 1 aromatic carbocycles. The summed E-state index contributed by atoms with van der Waals surface area (Å²) in [5, 5.41) is 5.64. The highest BCUT2D eigenvalue weighted by Gasteiger charge is 2.29. The minimum Gasteiger partial charge on any atom is -0.361 e. The highest BCUT2D eigenvalue weighted by molar-refractivity contribution is 7.90. The summed E-state index contributed by atoms with van der Waals surface area (Å²) in [7, 11) is -1.55. The van der Waals surface area contributed by atoms with Crippen LogP contribution in [0.3, 0.4) is 0 Å². The van der Waals surface area contributed by atoms with E-state index in [4.69, 9.17) is 4.52 Å². The molecule has 1 amide bonds. The Labute approximate surface area is 211 Å². The van der Waals surface area contributed by atoms with Gasteiger partial charge in [0.25, 0.3) is 5.91 Å². The van der Waals surface area contributed by atoms with E-state index in [1.54, 1.807) is 17.9 Å². The van der Waals surface area contributed by atoms with E-state index in [-0.39, 0.29) is 22.4 Å². The molecule has 1 aliphatic heterocycles. The quantitative estimate of drug-likeness (QED) is 0.382. The van der Waals surface area contributed by atoms with Crippen LogP contribution in [0.15, 0.2) is 45.4 Å². The number of carbonyl (C=O) groups excluding carboxylic acids is 1. The normalized spacial score (nSPS) is 14.9. The summed E-state index contributed by atoms with van der Waals surface area (Å²) in [4.78, 5) is 25.4. The summed E-state index contributed by atoms with van der Waals surface area (Å²) < 4.78 is 44.3. The van der Waals surface area contributed by atoms with Gasteiger partial charge in [-0.25, -0.2) is 22.8 Å². The fourth-order valence-electron chi connectivity index (χ4n) is 4.48. The molecule has 1 aliphatic rings. The number of aryl methyl sites for hydroxylation is 1. The number of piperidine rings is 1. The van der Waals surface area contributed by atoms with Gasteiger partial charge in [-0.2, -0.15) is 0 Å². The Balaban J connectivity index is 1.37. The first-order chi connectivity index (χ1) is 17.1. The van der Waals surface area contributed by atoms with Crippen molar-refractivity contribution in [2.24, 2.45) is 0 Å². The van der Waals surface area contributed by atoms with Crippen LogP contribution in [0.25, 0.3) is 21.3 Å². The number of nitrogens with zero attached hydrogens (tertiary/aromatic N) is 5. The van der Waals surface area contributed by atoms with Crippen LogP contribution in [0.4, 0.5) is 10.2 Å². The maximum atomic E-state index is 14.9. The number of sulfone groups is 1. The molecule has 4 aromatic rings. The van der Waals surface area contributed by atoms with Crippen molar-refractivity contribution in [3.8, 4) is 11.1 Å². The standard InChI is InChI=1S/C24H24FN5O4S2/c1-14-10-20(28-34-14)24(31)30-8-6-15(7-9-30)29(2)23-22-21(26-13-27-23)18(12-35-22)17-5-4-16(11-19(17)25)36(3,32)33/h4-5,10-13,15H,6-9H2,1-3H3. The highest BCUT2D eigenvalue weighted by atomic mass is 32.2. The molecule has 0 saturated carbocycles. The molecule has 12 heteroatoms. The van der Waals surface area contributed by atoms with E-state index >= 15 is 0 Å². The molecule has 1 fully saturated rings. The first kappa shape index (κ1) is 24.3. The van der Waals surface area contributed by atoms with Crippen LogP contribution in [-0.2, 0) is 9.84 Å². The van der Waals surface area contributed by atoms with Crippen molar-refractivity contribution in [3.63, 3.8) is 0 Å². The van der Waals surface area contributed by atoms with E-state index in [1.807, 2.05) is 12.4 Å². The monoisotopic (exact) mass is 529 g/mol. The topological polar surface area (TPSA) is 110 Å². The molecule has 4 heterocycles. The average Bonchev–Trinajstić information content (AvgIpc) is 3.49. The van der Waals surface area contributed by atoms with Gasteiger partial charge in [-0.05, 0) is 31.9 Å². The van der Waals surface area contributed by atoms with Crippen molar-refractivity contribution >= 4 is 43.1 Å². The van der Waals surface area contributed by atoms with Crippen LogP contribution in [-0.4, -0.2) is 66.8 Å². The van der Waals surface area contributed by atoms with Gasteiger partial charge in [-0.3, -0.25) is 4.79 Å². The van der Waals surface area contributed by atoms with E-state index in [0.717, 1.165) is 35.7 Å². The number of aromatic nitrogens is 3. The Morgan fingerprint density at radius 2 is 1.94 bits per heavy atom. The second-order valence-electron chi connectivity index (χ2n) is 8.90. The van der Waals surface area contributed by atoms with Crippen molar-refractivity contribution in [2.45, 2.75) is 30.7 Å². The van der Waals surface area contributed by atoms with Crippen LogP contribution in [0.5, 0.6) is 0 Å². The van der Waals surface area contributed by atoms with Crippen LogP contribution in [0, 0.1) is 12.7 Å². The van der Waals surface area contributed by atoms with Gasteiger partial charge >= 0.3 is 0 Å². The summed E-state index contributed by atoms with van der Waals surface area (Å²) in [5.74, 6) is 0.582. The van der Waals surface area contributed by atoms with Crippen molar-refractivity contribution in [2.75, 3.05) is 31.3 Å². The molecule has 5 rings (SSSR count). The maximum Gasteiger partial charge on any atom is 0.276 e. The highest BCUT2D eigenvalue weighted by Crippen LogP contribution is 2.39. The molecule has 0 N–H and O–H groups in total. The van der Waals surface area contributed by atoms with Crippen molar-refractivity contribution in [1.82, 2.24) is 20.0 Å². The van der Waals surface area contributed by atoms with E-state index in [1.165, 1.54) is 29.8 Å². The second-order valence-corrected chi connectivity index (χ2v) is 11.8. The molecule has 188 valence electrons. The number of fused-ring (bicyclic) bond motifs is 1. The lowest BCUT2D eigenvalue weighted by atomic mass is 10.0. The predicted octanol–water partition coefficient (Wildman–Crippen LogP) is 3.94. The third-order valence-corrected chi connectivity index (χ3v) is 8.55. The van der Waals surface area contributed by atoms with Crippen LogP contribution >= 0.6 is 11.3 Å². The fourth-order valence-corrected chi connectivity index (χ4v) is 6.17. The van der Waals surface area contributed by atoms with Gasteiger partial charge in [0.15, 0.2) is 15.5 Å². The number of thiophene rings is 1. The van der Waals surface area contributed by atoms with Crippen LogP contribution in [0.1, 0.15) is 29.1 Å². The van der Waals surface area contributed by atoms with Crippen LogP contribution < -0.4 is 4.90 Å². The second kappa shape index (κ2) is 9.25. The van der Waals surface area contributed by atoms with E-state index in [2.05, 4.69) is 20.0 Å². The molecule has 3 aromatic heterocycles. The molecule has 1 saturated heterocycles. The first-order valence-corrected chi connectivity index (χ1v) is 14.1. The number of rotatable bonds is 5. The molecular formula is C24H24FN5O4S2. The van der Waals surface area contributed by atoms with Gasteiger partial charge < -0.3 is 14.3 Å². The average molecular weight is 530 g/mol. The molecule has 0 spiro atoms. The van der Waals surface area contributed by atoms with E-state index in [0.29, 0.717) is 35.6 Å². The molecule has 0 bridgehead atoms. The van der Waals surface area contributed by atoms with Crippen molar-refractivity contribution in [3.05, 3.63) is 53.2 Å². The van der Waals surface area contributed by atoms with E-state index < -0.39 is 15.7 Å². The summed E-state index contributed by atoms with van der Waals surface area (Å²) in [6.07, 6.45) is 4.01. The number of amides is 1. The lowest BCUT2D eigenvalue weighted by Gasteiger charge is -2.37. The zero-order valence-electron chi connectivity index (χ0n) is 19.9. The Kier molecular flexibility index (Phi) is 6.25. The largest absolute Gasteiger partial charge is 0.361 e. The van der Waals surface area contributed by atoms with Gasteiger partial charge in [0.1, 0.15) is 23.7 Å². The zero-order valence-corrected chi connectivity index (χ0v) is 21.6. The Hall–Kier alpha value is -3.38. The Morgan fingerprint density at radius 1 is 1.19 bits per heavy atom. The lowest BCUT2D eigenvalue weighted by Crippen LogP contribution is -2.46. The number of carbonyl (C=O) groups is 1. The minimum atomic E-state index is -3.51. The molecule has 9 nitrogen and oxygen atoms in total. The van der Waals surface area contributed by atoms with Gasteiger partial charge in [-0.15, -0.1) is 11.3 Å². The molecule has 0 aliphatic carbocycles. The number of anilines is 1. The Morgan fingerprint density at radius 3 is 2.58 bits per heavy atom. The zero-order chi connectivity index (χ0) is 25.6. The lowest BCUT2D eigenvalue weighted by molar-refractivity contribution is 0.0702. The summed E-state index contributed by atoms with van der Waals surface area (Å²) in [5.41, 5.74) is 1.81. The van der Waals surface area contributed by atoms with Gasteiger partial charge in [0.05, 0.1) is 15.1 Å². The number of halogens is 1. The SMILES string of the molecule is Cc1cc(C(=O)N2CCC(N(C)c3ncnc4c(-c5ccc(S(C)(=O)=O)cc5F)csc34)CC2)no1. The number of hydrogen-bond donors (Lipinski definition) is 0. The van der Waals surface area contributed by atoms with E-state index in [9.17, 15) is 17.6 Å². The minimum absolute atomic E-state index is 0.0677. The smallest absolute Gasteiger partial charge is 0.276 e. The van der Waals surface area contributed by atoms with Gasteiger partial charge in [0.2, 0.25) is 0 Å². The molecule has 36 heavy (non-hydrogen) atoms. The maximum absolute atomic E-state index is 14.9. The Bertz CT molecular complexity index is 1560. The van der Waals surface area contributed by atoms with Gasteiger partial charge in [-0.1, -0.05) is 11.2 Å². The number of benzene rings is 1. The number of likely N-dealkylation sites (tertiary alicyclic amines) is 1. The molecular weight excluding hydrogens is 505 g/mol. The molecule has 0 atom stereocenters. The third-order valence-electron chi connectivity index (χ3n) is 6.47. The van der Waals surface area contributed by atoms with Crippen molar-refractivity contribution in [1.29, 1.82) is 0 Å².